The van der Waals surface area contributed by atoms with E-state index >= 15 is 0 Å². The molecule has 0 radical (unpaired) electrons. The number of rotatable bonds is 2. The normalized spacial score (nSPS) is 22.1. The summed E-state index contributed by atoms with van der Waals surface area (Å²) in [6.45, 7) is 1.94. The van der Waals surface area contributed by atoms with E-state index in [4.69, 9.17) is 0 Å². The number of aliphatic hydroxyl groups is 1. The molecule has 2 atom stereocenters. The molecule has 2 unspecified atom stereocenters. The first-order chi connectivity index (χ1) is 10.2. The summed E-state index contributed by atoms with van der Waals surface area (Å²) in [5, 5.41) is 20.8. The number of aromatic nitrogens is 1. The minimum absolute atomic E-state index is 0.677. The number of hydrogen-bond donors (Lipinski definition) is 1. The maximum absolute atomic E-state index is 11.0. The number of hydrogen-bond acceptors (Lipinski definition) is 3. The first-order valence-electron chi connectivity index (χ1n) is 7.27. The average Bonchev–Trinajstić information content (AvgIpc) is 2.54. The largest absolute Gasteiger partial charge is 0.386 e. The summed E-state index contributed by atoms with van der Waals surface area (Å²) in [7, 11) is 0. The molecule has 0 amide bonds. The summed E-state index contributed by atoms with van der Waals surface area (Å²) in [5.41, 5.74) is 2.98. The lowest BCUT2D eigenvalue weighted by Crippen LogP contribution is -2.36. The molecule has 3 nitrogen and oxygen atoms in total. The Hall–Kier alpha value is -2.18. The van der Waals surface area contributed by atoms with Crippen molar-refractivity contribution in [1.82, 2.24) is 4.98 Å². The second kappa shape index (κ2) is 5.31. The van der Waals surface area contributed by atoms with Crippen molar-refractivity contribution in [3.05, 3.63) is 65.0 Å². The van der Waals surface area contributed by atoms with Crippen LogP contribution in [0.2, 0.25) is 0 Å². The van der Waals surface area contributed by atoms with Crippen LogP contribution in [0.4, 0.5) is 0 Å². The van der Waals surface area contributed by atoms with Crippen LogP contribution in [0.1, 0.15) is 41.2 Å². The van der Waals surface area contributed by atoms with Gasteiger partial charge in [0.1, 0.15) is 11.5 Å². The maximum atomic E-state index is 11.0. The molecule has 3 heteroatoms. The molecule has 3 rings (SSSR count). The van der Waals surface area contributed by atoms with Gasteiger partial charge in [0.05, 0.1) is 6.07 Å². The smallest absolute Gasteiger partial charge is 0.112 e. The molecular formula is C18H18N2O. The van der Waals surface area contributed by atoms with Crippen molar-refractivity contribution < 1.29 is 5.11 Å². The second-order valence-electron chi connectivity index (χ2n) is 5.73. The van der Waals surface area contributed by atoms with Gasteiger partial charge in [0.15, 0.2) is 0 Å². The van der Waals surface area contributed by atoms with E-state index in [9.17, 15) is 10.4 Å². The molecule has 1 aromatic heterocycles. The van der Waals surface area contributed by atoms with Crippen molar-refractivity contribution in [2.45, 2.75) is 37.7 Å². The van der Waals surface area contributed by atoms with Gasteiger partial charge in [0.25, 0.3) is 0 Å². The van der Waals surface area contributed by atoms with Gasteiger partial charge in [-0.2, -0.15) is 5.26 Å². The van der Waals surface area contributed by atoms with Crippen LogP contribution in [-0.2, 0) is 11.8 Å². The van der Waals surface area contributed by atoms with Crippen molar-refractivity contribution in [2.24, 2.45) is 0 Å². The number of pyridine rings is 1. The van der Waals surface area contributed by atoms with E-state index in [-0.39, 0.29) is 0 Å². The molecule has 1 N–H and O–H groups in total. The fraction of sp³-hybridized carbons (Fsp3) is 0.333. The van der Waals surface area contributed by atoms with Gasteiger partial charge >= 0.3 is 0 Å². The number of benzene rings is 1. The van der Waals surface area contributed by atoms with E-state index in [2.05, 4.69) is 17.1 Å². The van der Waals surface area contributed by atoms with Crippen molar-refractivity contribution >= 4 is 0 Å². The molecule has 1 aliphatic rings. The Labute approximate surface area is 124 Å². The monoisotopic (exact) mass is 278 g/mol. The van der Waals surface area contributed by atoms with Gasteiger partial charge in [0, 0.05) is 18.0 Å². The molecule has 0 spiro atoms. The number of nitrogens with zero attached hydrogens (tertiary/aromatic N) is 2. The van der Waals surface area contributed by atoms with Gasteiger partial charge in [-0.15, -0.1) is 0 Å². The standard InChI is InChI=1S/C18H18N2O/c1-13-8-10-20-11-15(13)17(21)18(12-19)9-4-6-14-5-2-3-7-16(14)18/h2-3,5,7-8,10-11,17,21H,4,6,9H2,1H3. The molecule has 0 fully saturated rings. The molecule has 1 aromatic carbocycles. The van der Waals surface area contributed by atoms with Gasteiger partial charge in [0.2, 0.25) is 0 Å². The predicted octanol–water partition coefficient (Wildman–Crippen LogP) is 3.22. The molecule has 0 bridgehead atoms. The SMILES string of the molecule is Cc1ccncc1C(O)C1(C#N)CCCc2ccccc21. The zero-order chi connectivity index (χ0) is 14.9. The van der Waals surface area contributed by atoms with Crippen LogP contribution >= 0.6 is 0 Å². The molecule has 0 aliphatic heterocycles. The maximum Gasteiger partial charge on any atom is 0.112 e. The molecule has 1 heterocycles. The Morgan fingerprint density at radius 2 is 2.14 bits per heavy atom. The highest BCUT2D eigenvalue weighted by molar-refractivity contribution is 5.45. The quantitative estimate of drug-likeness (QED) is 0.917. The molecule has 0 saturated carbocycles. The highest BCUT2D eigenvalue weighted by Crippen LogP contribution is 2.46. The Bertz CT molecular complexity index is 704. The van der Waals surface area contributed by atoms with Gasteiger partial charge < -0.3 is 5.11 Å². The number of nitriles is 1. The minimum atomic E-state index is -0.872. The summed E-state index contributed by atoms with van der Waals surface area (Å²) in [4.78, 5) is 4.11. The Kier molecular flexibility index (Phi) is 3.48. The third kappa shape index (κ3) is 2.12. The lowest BCUT2D eigenvalue weighted by molar-refractivity contribution is 0.0987. The van der Waals surface area contributed by atoms with Gasteiger partial charge in [-0.05, 0) is 48.9 Å². The van der Waals surface area contributed by atoms with Crippen LogP contribution in [-0.4, -0.2) is 10.1 Å². The highest BCUT2D eigenvalue weighted by Gasteiger charge is 2.44. The summed E-state index contributed by atoms with van der Waals surface area (Å²) >= 11 is 0. The second-order valence-corrected chi connectivity index (χ2v) is 5.73. The number of fused-ring (bicyclic) bond motifs is 1. The van der Waals surface area contributed by atoms with Crippen molar-refractivity contribution in [3.63, 3.8) is 0 Å². The first kappa shape index (κ1) is 13.8. The Balaban J connectivity index is 2.15. The zero-order valence-electron chi connectivity index (χ0n) is 12.1. The van der Waals surface area contributed by atoms with Crippen LogP contribution < -0.4 is 0 Å². The predicted molar refractivity (Wildman–Crippen MR) is 80.6 cm³/mol. The van der Waals surface area contributed by atoms with Crippen LogP contribution in [0.15, 0.2) is 42.7 Å². The topological polar surface area (TPSA) is 56.9 Å². The fourth-order valence-corrected chi connectivity index (χ4v) is 3.36. The highest BCUT2D eigenvalue weighted by atomic mass is 16.3. The van der Waals surface area contributed by atoms with E-state index in [1.165, 1.54) is 5.56 Å². The van der Waals surface area contributed by atoms with Gasteiger partial charge in [-0.1, -0.05) is 24.3 Å². The van der Waals surface area contributed by atoms with Gasteiger partial charge in [-0.25, -0.2) is 0 Å². The van der Waals surface area contributed by atoms with E-state index < -0.39 is 11.5 Å². The summed E-state index contributed by atoms with van der Waals surface area (Å²) < 4.78 is 0. The average molecular weight is 278 g/mol. The van der Waals surface area contributed by atoms with E-state index in [1.54, 1.807) is 12.4 Å². The van der Waals surface area contributed by atoms with Crippen LogP contribution in [0.25, 0.3) is 0 Å². The lowest BCUT2D eigenvalue weighted by atomic mass is 9.66. The first-order valence-corrected chi connectivity index (χ1v) is 7.27. The molecular weight excluding hydrogens is 260 g/mol. The molecule has 2 aromatic rings. The van der Waals surface area contributed by atoms with Crippen LogP contribution in [0.3, 0.4) is 0 Å². The van der Waals surface area contributed by atoms with Crippen molar-refractivity contribution in [3.8, 4) is 6.07 Å². The van der Waals surface area contributed by atoms with Crippen LogP contribution in [0, 0.1) is 18.3 Å². The Morgan fingerprint density at radius 3 is 2.90 bits per heavy atom. The number of aliphatic hydroxyl groups excluding tert-OH is 1. The van der Waals surface area contributed by atoms with Crippen molar-refractivity contribution in [2.75, 3.05) is 0 Å². The molecule has 21 heavy (non-hydrogen) atoms. The molecule has 1 aliphatic carbocycles. The third-order valence-electron chi connectivity index (χ3n) is 4.56. The zero-order valence-corrected chi connectivity index (χ0v) is 12.1. The molecule has 0 saturated heterocycles. The van der Waals surface area contributed by atoms with E-state index in [1.807, 2.05) is 31.2 Å². The lowest BCUT2D eigenvalue weighted by Gasteiger charge is -2.37. The van der Waals surface area contributed by atoms with E-state index in [0.29, 0.717) is 6.42 Å². The summed E-state index contributed by atoms with van der Waals surface area (Å²) in [6, 6.07) is 12.3. The third-order valence-corrected chi connectivity index (χ3v) is 4.56. The van der Waals surface area contributed by atoms with Crippen molar-refractivity contribution in [1.29, 1.82) is 5.26 Å². The summed E-state index contributed by atoms with van der Waals surface area (Å²) in [6.07, 6.45) is 5.10. The summed E-state index contributed by atoms with van der Waals surface area (Å²) in [5.74, 6) is 0. The van der Waals surface area contributed by atoms with Gasteiger partial charge in [-0.3, -0.25) is 4.98 Å². The minimum Gasteiger partial charge on any atom is -0.386 e. The molecule has 106 valence electrons. The van der Waals surface area contributed by atoms with Crippen LogP contribution in [0.5, 0.6) is 0 Å². The van der Waals surface area contributed by atoms with E-state index in [0.717, 1.165) is 29.5 Å². The Morgan fingerprint density at radius 1 is 1.33 bits per heavy atom. The fourth-order valence-electron chi connectivity index (χ4n) is 3.36. The number of aryl methyl sites for hydroxylation is 2.